The van der Waals surface area contributed by atoms with Crippen LogP contribution in [-0.4, -0.2) is 23.0 Å². The molecule has 0 radical (unpaired) electrons. The molecule has 1 atom stereocenters. The summed E-state index contributed by atoms with van der Waals surface area (Å²) in [6.45, 7) is 4.06. The monoisotopic (exact) mass is 230 g/mol. The van der Waals surface area contributed by atoms with E-state index in [1.165, 1.54) is 6.20 Å². The van der Waals surface area contributed by atoms with E-state index in [1.54, 1.807) is 19.1 Å². The normalized spacial score (nSPS) is 14.5. The van der Waals surface area contributed by atoms with Crippen LogP contribution in [0.2, 0.25) is 0 Å². The van der Waals surface area contributed by atoms with Gasteiger partial charge in [-0.2, -0.15) is 5.10 Å². The second kappa shape index (κ2) is 5.83. The van der Waals surface area contributed by atoms with Gasteiger partial charge in [0.15, 0.2) is 0 Å². The lowest BCUT2D eigenvalue weighted by atomic mass is 10.6. The molecule has 1 heterocycles. The number of aromatic nitrogens is 2. The number of hydrogen-bond donors (Lipinski definition) is 0. The van der Waals surface area contributed by atoms with E-state index in [1.807, 2.05) is 6.92 Å². The Labute approximate surface area is 89.4 Å². The zero-order valence-electron chi connectivity index (χ0n) is 8.92. The smallest absolute Gasteiger partial charge is 0.380 e. The van der Waals surface area contributed by atoms with Crippen LogP contribution in [0.1, 0.15) is 20.3 Å². The Morgan fingerprint density at radius 2 is 2.27 bits per heavy atom. The maximum Gasteiger partial charge on any atom is 0.380 e. The predicted molar refractivity (Wildman–Crippen MR) is 57.1 cm³/mol. The maximum atomic E-state index is 12.1. The first kappa shape index (κ1) is 12.1. The fraction of sp³-hybridized carbons (Fsp3) is 0.556. The van der Waals surface area contributed by atoms with Gasteiger partial charge in [-0.15, -0.1) is 5.10 Å². The quantitative estimate of drug-likeness (QED) is 0.702. The Morgan fingerprint density at radius 1 is 1.47 bits per heavy atom. The number of nitrogens with zero attached hydrogens (tertiary/aromatic N) is 2. The third kappa shape index (κ3) is 3.98. The van der Waals surface area contributed by atoms with Crippen LogP contribution in [0.3, 0.4) is 0 Å². The lowest BCUT2D eigenvalue weighted by Crippen LogP contribution is -2.03. The van der Waals surface area contributed by atoms with Crippen molar-refractivity contribution in [2.24, 2.45) is 0 Å². The highest BCUT2D eigenvalue weighted by Crippen LogP contribution is 2.47. The SMILES string of the molecule is CCCP(=O)(OCC)Oc1cccnn1. The topological polar surface area (TPSA) is 61.3 Å². The molecule has 1 aromatic rings. The van der Waals surface area contributed by atoms with Crippen LogP contribution in [0.25, 0.3) is 0 Å². The lowest BCUT2D eigenvalue weighted by Gasteiger charge is -2.16. The molecule has 6 heteroatoms. The molecule has 0 saturated heterocycles. The van der Waals surface area contributed by atoms with Crippen LogP contribution >= 0.6 is 7.60 Å². The summed E-state index contributed by atoms with van der Waals surface area (Å²) in [6.07, 6.45) is 2.65. The first-order valence-electron chi connectivity index (χ1n) is 4.91. The molecule has 0 N–H and O–H groups in total. The first-order valence-corrected chi connectivity index (χ1v) is 6.64. The maximum absolute atomic E-state index is 12.1. The van der Waals surface area contributed by atoms with Crippen molar-refractivity contribution in [3.63, 3.8) is 0 Å². The van der Waals surface area contributed by atoms with E-state index in [0.717, 1.165) is 6.42 Å². The second-order valence-corrected chi connectivity index (χ2v) is 5.02. The van der Waals surface area contributed by atoms with E-state index >= 15 is 0 Å². The van der Waals surface area contributed by atoms with Crippen LogP contribution in [0.5, 0.6) is 5.88 Å². The summed E-state index contributed by atoms with van der Waals surface area (Å²) in [7, 11) is -3.04. The van der Waals surface area contributed by atoms with Crippen LogP contribution < -0.4 is 4.52 Å². The third-order valence-corrected chi connectivity index (χ3v) is 3.72. The van der Waals surface area contributed by atoms with Gasteiger partial charge in [-0.25, -0.2) is 4.57 Å². The zero-order chi connectivity index (χ0) is 11.1. The molecule has 1 rings (SSSR count). The van der Waals surface area contributed by atoms with Gasteiger partial charge in [-0.05, 0) is 19.4 Å². The van der Waals surface area contributed by atoms with Gasteiger partial charge < -0.3 is 9.05 Å². The fourth-order valence-corrected chi connectivity index (χ4v) is 2.68. The van der Waals surface area contributed by atoms with Crippen molar-refractivity contribution in [3.8, 4) is 5.88 Å². The molecule has 0 aliphatic carbocycles. The third-order valence-electron chi connectivity index (χ3n) is 1.60. The van der Waals surface area contributed by atoms with Gasteiger partial charge >= 0.3 is 7.60 Å². The minimum atomic E-state index is -3.04. The summed E-state index contributed by atoms with van der Waals surface area (Å²) in [4.78, 5) is 0. The van der Waals surface area contributed by atoms with Crippen molar-refractivity contribution in [2.75, 3.05) is 12.8 Å². The molecule has 0 aliphatic rings. The Balaban J connectivity index is 2.71. The highest BCUT2D eigenvalue weighted by atomic mass is 31.2. The molecule has 1 unspecified atom stereocenters. The van der Waals surface area contributed by atoms with E-state index in [2.05, 4.69) is 10.2 Å². The largest absolute Gasteiger partial charge is 0.404 e. The minimum absolute atomic E-state index is 0.239. The van der Waals surface area contributed by atoms with Gasteiger partial charge in [0.05, 0.1) is 12.8 Å². The predicted octanol–water partition coefficient (Wildman–Crippen LogP) is 2.50. The molecule has 0 saturated carbocycles. The van der Waals surface area contributed by atoms with Gasteiger partial charge in [0.2, 0.25) is 5.88 Å². The first-order chi connectivity index (χ1) is 7.20. The second-order valence-electron chi connectivity index (χ2n) is 2.91. The Bertz CT molecular complexity index is 321. The zero-order valence-corrected chi connectivity index (χ0v) is 9.81. The van der Waals surface area contributed by atoms with Gasteiger partial charge in [0, 0.05) is 12.3 Å². The molecule has 0 amide bonds. The van der Waals surface area contributed by atoms with E-state index in [4.69, 9.17) is 9.05 Å². The van der Waals surface area contributed by atoms with E-state index in [0.29, 0.717) is 12.8 Å². The summed E-state index contributed by atoms with van der Waals surface area (Å²) >= 11 is 0. The molecular formula is C9H15N2O3P. The highest BCUT2D eigenvalue weighted by molar-refractivity contribution is 7.54. The van der Waals surface area contributed by atoms with Gasteiger partial charge in [-0.3, -0.25) is 0 Å². The number of hydrogen-bond acceptors (Lipinski definition) is 5. The summed E-state index contributed by atoms with van der Waals surface area (Å²) in [6, 6.07) is 3.28. The molecular weight excluding hydrogens is 215 g/mol. The van der Waals surface area contributed by atoms with Gasteiger partial charge in [0.25, 0.3) is 0 Å². The van der Waals surface area contributed by atoms with Crippen LogP contribution in [0.4, 0.5) is 0 Å². The van der Waals surface area contributed by atoms with Crippen molar-refractivity contribution < 1.29 is 13.6 Å². The van der Waals surface area contributed by atoms with Crippen LogP contribution in [-0.2, 0) is 9.09 Å². The molecule has 15 heavy (non-hydrogen) atoms. The van der Waals surface area contributed by atoms with E-state index in [-0.39, 0.29) is 5.88 Å². The Hall–Kier alpha value is -0.930. The average Bonchev–Trinajstić information content (AvgIpc) is 2.19. The van der Waals surface area contributed by atoms with Crippen LogP contribution in [0.15, 0.2) is 18.3 Å². The fourth-order valence-electron chi connectivity index (χ4n) is 1.09. The molecule has 0 aromatic carbocycles. The summed E-state index contributed by atoms with van der Waals surface area (Å²) < 4.78 is 22.5. The minimum Gasteiger partial charge on any atom is -0.404 e. The van der Waals surface area contributed by atoms with Crippen molar-refractivity contribution in [2.45, 2.75) is 20.3 Å². The standard InChI is InChI=1S/C9H15N2O3P/c1-3-8-15(12,13-4-2)14-9-6-5-7-10-11-9/h5-7H,3-4,8H2,1-2H3. The van der Waals surface area contributed by atoms with Gasteiger partial charge in [0.1, 0.15) is 0 Å². The number of rotatable bonds is 6. The van der Waals surface area contributed by atoms with Crippen LogP contribution in [0, 0.1) is 0 Å². The molecule has 0 spiro atoms. The highest BCUT2D eigenvalue weighted by Gasteiger charge is 2.24. The van der Waals surface area contributed by atoms with Crippen molar-refractivity contribution in [3.05, 3.63) is 18.3 Å². The summed E-state index contributed by atoms with van der Waals surface area (Å²) in [5, 5.41) is 7.34. The molecule has 5 nitrogen and oxygen atoms in total. The molecule has 0 aliphatic heterocycles. The van der Waals surface area contributed by atoms with E-state index < -0.39 is 7.60 Å². The van der Waals surface area contributed by atoms with E-state index in [9.17, 15) is 4.57 Å². The molecule has 0 fully saturated rings. The average molecular weight is 230 g/mol. The molecule has 0 bridgehead atoms. The lowest BCUT2D eigenvalue weighted by molar-refractivity contribution is 0.275. The van der Waals surface area contributed by atoms with Gasteiger partial charge in [-0.1, -0.05) is 6.92 Å². The van der Waals surface area contributed by atoms with Crippen molar-refractivity contribution in [1.82, 2.24) is 10.2 Å². The Morgan fingerprint density at radius 3 is 2.80 bits per heavy atom. The molecule has 84 valence electrons. The molecule has 1 aromatic heterocycles. The summed E-state index contributed by atoms with van der Waals surface area (Å²) in [5.41, 5.74) is 0. The Kier molecular flexibility index (Phi) is 4.72. The van der Waals surface area contributed by atoms with Crippen molar-refractivity contribution in [1.29, 1.82) is 0 Å². The van der Waals surface area contributed by atoms with Crippen molar-refractivity contribution >= 4 is 7.60 Å². The summed E-state index contributed by atoms with van der Waals surface area (Å²) in [5.74, 6) is 0.239.